The standard InChI is InChI=1S/C25H23ClN4O/c26-19-10-4-5-11-20(19)31-15-21-28-24-22-23(27-16-30(24)29-21)18-9-3-2-8-17(18)14-25(22)12-6-1-7-13-25/h2-5,8-11,16H,1,6-7,12-15H2. The number of para-hydroxylation sites is 1. The molecule has 1 spiro atoms. The van der Waals surface area contributed by atoms with Gasteiger partial charge in [-0.1, -0.05) is 67.3 Å². The lowest BCUT2D eigenvalue weighted by Crippen LogP contribution is -2.36. The Morgan fingerprint density at radius 1 is 1.00 bits per heavy atom. The van der Waals surface area contributed by atoms with Crippen LogP contribution in [0.5, 0.6) is 5.75 Å². The first-order chi connectivity index (χ1) is 15.2. The first kappa shape index (κ1) is 18.8. The van der Waals surface area contributed by atoms with Crippen LogP contribution in [0.1, 0.15) is 49.1 Å². The van der Waals surface area contributed by atoms with Crippen LogP contribution in [0.15, 0.2) is 54.9 Å². The van der Waals surface area contributed by atoms with Crippen LogP contribution in [0.25, 0.3) is 16.9 Å². The molecule has 1 fully saturated rings. The third-order valence-corrected chi connectivity index (χ3v) is 7.08. The second-order valence-corrected chi connectivity index (χ2v) is 9.07. The first-order valence-electron chi connectivity index (χ1n) is 10.9. The molecule has 6 heteroatoms. The SMILES string of the molecule is Clc1ccccc1OCc1nc2c3c(ncn2n1)-c1ccccc1CC31CCCCC1. The summed E-state index contributed by atoms with van der Waals surface area (Å²) in [5.74, 6) is 1.28. The Labute approximate surface area is 186 Å². The summed E-state index contributed by atoms with van der Waals surface area (Å²) in [4.78, 5) is 9.82. The highest BCUT2D eigenvalue weighted by Crippen LogP contribution is 2.50. The molecule has 156 valence electrons. The molecule has 0 amide bonds. The molecular formula is C25H23ClN4O. The van der Waals surface area contributed by atoms with Crippen molar-refractivity contribution in [2.45, 2.75) is 50.5 Å². The monoisotopic (exact) mass is 430 g/mol. The number of rotatable bonds is 3. The Bertz CT molecular complexity index is 1280. The van der Waals surface area contributed by atoms with Gasteiger partial charge >= 0.3 is 0 Å². The van der Waals surface area contributed by atoms with Gasteiger partial charge in [-0.05, 0) is 37.0 Å². The summed E-state index contributed by atoms with van der Waals surface area (Å²) in [6.07, 6.45) is 8.99. The number of halogens is 1. The maximum atomic E-state index is 6.23. The second kappa shape index (κ2) is 7.34. The molecule has 2 aliphatic rings. The molecule has 2 aliphatic carbocycles. The fourth-order valence-electron chi connectivity index (χ4n) is 5.37. The van der Waals surface area contributed by atoms with Gasteiger partial charge in [0.1, 0.15) is 18.7 Å². The van der Waals surface area contributed by atoms with Gasteiger partial charge in [0.2, 0.25) is 0 Å². The van der Waals surface area contributed by atoms with Crippen LogP contribution in [-0.4, -0.2) is 19.6 Å². The third-order valence-electron chi connectivity index (χ3n) is 6.77. The van der Waals surface area contributed by atoms with E-state index in [1.165, 1.54) is 48.8 Å². The molecule has 0 bridgehead atoms. The summed E-state index contributed by atoms with van der Waals surface area (Å²) in [6.45, 7) is 0.268. The van der Waals surface area contributed by atoms with Gasteiger partial charge in [-0.3, -0.25) is 0 Å². The van der Waals surface area contributed by atoms with Crippen molar-refractivity contribution in [3.63, 3.8) is 0 Å². The Balaban J connectivity index is 1.46. The van der Waals surface area contributed by atoms with E-state index >= 15 is 0 Å². The molecule has 0 unspecified atom stereocenters. The molecule has 0 radical (unpaired) electrons. The summed E-state index contributed by atoms with van der Waals surface area (Å²) in [6, 6.07) is 16.1. The smallest absolute Gasteiger partial charge is 0.189 e. The molecule has 0 N–H and O–H groups in total. The van der Waals surface area contributed by atoms with Gasteiger partial charge in [0.25, 0.3) is 0 Å². The number of benzene rings is 2. The van der Waals surface area contributed by atoms with Crippen LogP contribution >= 0.6 is 11.6 Å². The van der Waals surface area contributed by atoms with Crippen molar-refractivity contribution in [2.24, 2.45) is 0 Å². The van der Waals surface area contributed by atoms with Crippen molar-refractivity contribution >= 4 is 17.2 Å². The van der Waals surface area contributed by atoms with Gasteiger partial charge < -0.3 is 4.74 Å². The molecule has 31 heavy (non-hydrogen) atoms. The van der Waals surface area contributed by atoms with Crippen LogP contribution in [0.2, 0.25) is 5.02 Å². The molecule has 2 heterocycles. The maximum absolute atomic E-state index is 6.23. The summed E-state index contributed by atoms with van der Waals surface area (Å²) in [5, 5.41) is 5.26. The summed E-state index contributed by atoms with van der Waals surface area (Å²) >= 11 is 6.23. The lowest BCUT2D eigenvalue weighted by atomic mass is 9.62. The van der Waals surface area contributed by atoms with E-state index in [1.807, 2.05) is 28.8 Å². The predicted octanol–water partition coefficient (Wildman–Crippen LogP) is 5.78. The average molecular weight is 431 g/mol. The van der Waals surface area contributed by atoms with E-state index in [0.29, 0.717) is 16.6 Å². The first-order valence-corrected chi connectivity index (χ1v) is 11.3. The van der Waals surface area contributed by atoms with Crippen LogP contribution in [0.3, 0.4) is 0 Å². The van der Waals surface area contributed by atoms with Crippen molar-refractivity contribution in [1.82, 2.24) is 19.6 Å². The minimum Gasteiger partial charge on any atom is -0.484 e. The van der Waals surface area contributed by atoms with E-state index in [4.69, 9.17) is 26.3 Å². The highest BCUT2D eigenvalue weighted by atomic mass is 35.5. The van der Waals surface area contributed by atoms with E-state index in [0.717, 1.165) is 17.8 Å². The molecule has 6 rings (SSSR count). The number of ether oxygens (including phenoxy) is 1. The largest absolute Gasteiger partial charge is 0.484 e. The van der Waals surface area contributed by atoms with Crippen molar-refractivity contribution in [1.29, 1.82) is 0 Å². The summed E-state index contributed by atoms with van der Waals surface area (Å²) < 4.78 is 7.73. The van der Waals surface area contributed by atoms with E-state index < -0.39 is 0 Å². The van der Waals surface area contributed by atoms with Gasteiger partial charge in [0.05, 0.1) is 10.7 Å². The zero-order chi connectivity index (χ0) is 20.8. The third kappa shape index (κ3) is 3.10. The molecule has 5 nitrogen and oxygen atoms in total. The van der Waals surface area contributed by atoms with Gasteiger partial charge in [-0.25, -0.2) is 14.5 Å². The molecule has 2 aromatic heterocycles. The Morgan fingerprint density at radius 2 is 1.81 bits per heavy atom. The number of hydrogen-bond acceptors (Lipinski definition) is 4. The van der Waals surface area contributed by atoms with Gasteiger partial charge in [0.15, 0.2) is 11.5 Å². The topological polar surface area (TPSA) is 52.3 Å². The van der Waals surface area contributed by atoms with Crippen molar-refractivity contribution in [2.75, 3.05) is 0 Å². The van der Waals surface area contributed by atoms with Crippen LogP contribution in [-0.2, 0) is 18.4 Å². The van der Waals surface area contributed by atoms with E-state index in [-0.39, 0.29) is 12.0 Å². The van der Waals surface area contributed by atoms with E-state index in [1.54, 1.807) is 6.33 Å². The minimum atomic E-state index is 0.0886. The Kier molecular flexibility index (Phi) is 4.46. The highest BCUT2D eigenvalue weighted by Gasteiger charge is 2.42. The quantitative estimate of drug-likeness (QED) is 0.413. The number of nitrogens with zero attached hydrogens (tertiary/aromatic N) is 4. The highest BCUT2D eigenvalue weighted by molar-refractivity contribution is 6.32. The average Bonchev–Trinajstić information content (AvgIpc) is 3.22. The van der Waals surface area contributed by atoms with Gasteiger partial charge in [0, 0.05) is 16.5 Å². The minimum absolute atomic E-state index is 0.0886. The summed E-state index contributed by atoms with van der Waals surface area (Å²) in [5.41, 5.74) is 5.97. The van der Waals surface area contributed by atoms with Crippen molar-refractivity contribution in [3.8, 4) is 17.0 Å². The van der Waals surface area contributed by atoms with Crippen LogP contribution in [0, 0.1) is 0 Å². The molecule has 0 aliphatic heterocycles. The van der Waals surface area contributed by atoms with Crippen molar-refractivity contribution < 1.29 is 4.74 Å². The second-order valence-electron chi connectivity index (χ2n) is 8.66. The van der Waals surface area contributed by atoms with Crippen LogP contribution < -0.4 is 4.74 Å². The normalized spacial score (nSPS) is 16.8. The predicted molar refractivity (Wildman–Crippen MR) is 120 cm³/mol. The molecule has 2 aromatic carbocycles. The number of fused-ring (bicyclic) bond motifs is 6. The van der Waals surface area contributed by atoms with E-state index in [2.05, 4.69) is 29.4 Å². The molecule has 0 atom stereocenters. The Morgan fingerprint density at radius 3 is 2.68 bits per heavy atom. The fourth-order valence-corrected chi connectivity index (χ4v) is 5.56. The van der Waals surface area contributed by atoms with E-state index in [9.17, 15) is 0 Å². The number of aromatic nitrogens is 4. The van der Waals surface area contributed by atoms with Gasteiger partial charge in [-0.2, -0.15) is 0 Å². The Hall–Kier alpha value is -2.92. The molecule has 1 saturated carbocycles. The number of hydrogen-bond donors (Lipinski definition) is 0. The maximum Gasteiger partial charge on any atom is 0.189 e. The van der Waals surface area contributed by atoms with Gasteiger partial charge in [-0.15, -0.1) is 5.10 Å². The summed E-state index contributed by atoms with van der Waals surface area (Å²) in [7, 11) is 0. The molecular weight excluding hydrogens is 408 g/mol. The lowest BCUT2D eigenvalue weighted by molar-refractivity contribution is 0.288. The van der Waals surface area contributed by atoms with Crippen LogP contribution in [0.4, 0.5) is 0 Å². The zero-order valence-corrected chi connectivity index (χ0v) is 18.0. The molecule has 4 aromatic rings. The molecule has 0 saturated heterocycles. The lowest BCUT2D eigenvalue weighted by Gasteiger charge is -2.42. The fraction of sp³-hybridized carbons (Fsp3) is 0.320. The zero-order valence-electron chi connectivity index (χ0n) is 17.2. The van der Waals surface area contributed by atoms with Crippen molar-refractivity contribution in [3.05, 3.63) is 76.8 Å².